The maximum Gasteiger partial charge on any atom is 0.234 e. The molecule has 1 heterocycles. The number of carbonyl (C=O) groups excluding carboxylic acids is 1. The Morgan fingerprint density at radius 2 is 2.14 bits per heavy atom. The summed E-state index contributed by atoms with van der Waals surface area (Å²) in [7, 11) is 1.58. The molecule has 0 aliphatic heterocycles. The van der Waals surface area contributed by atoms with Crippen LogP contribution in [0.15, 0.2) is 37.0 Å². The summed E-state index contributed by atoms with van der Waals surface area (Å²) in [4.78, 5) is 13.4. The monoisotopic (exact) mass is 527 g/mol. The van der Waals surface area contributed by atoms with Crippen LogP contribution in [0.1, 0.15) is 4.88 Å². The maximum atomic E-state index is 12.1. The number of carbonyl (C=O) groups is 1. The number of thioether (sulfide) groups is 1. The van der Waals surface area contributed by atoms with Crippen LogP contribution in [-0.4, -0.2) is 18.8 Å². The Morgan fingerprint density at radius 3 is 2.77 bits per heavy atom. The third-order valence-corrected chi connectivity index (χ3v) is 6.67. The van der Waals surface area contributed by atoms with E-state index in [4.69, 9.17) is 4.74 Å². The van der Waals surface area contributed by atoms with Crippen LogP contribution in [0.3, 0.4) is 0 Å². The zero-order valence-electron chi connectivity index (χ0n) is 11.5. The van der Waals surface area contributed by atoms with Crippen LogP contribution in [0.4, 0.5) is 5.69 Å². The Morgan fingerprint density at radius 1 is 1.36 bits per heavy atom. The molecule has 0 saturated heterocycles. The average Bonchev–Trinajstić information content (AvgIpc) is 2.97. The van der Waals surface area contributed by atoms with E-state index in [1.165, 1.54) is 4.88 Å². The summed E-state index contributed by atoms with van der Waals surface area (Å²) in [5, 5.41) is 4.95. The molecule has 1 aromatic heterocycles. The molecular weight excluding hydrogens is 518 g/mol. The van der Waals surface area contributed by atoms with Gasteiger partial charge < -0.3 is 10.1 Å². The first-order chi connectivity index (χ1) is 10.5. The van der Waals surface area contributed by atoms with Crippen LogP contribution in [0.25, 0.3) is 0 Å². The third kappa shape index (κ3) is 4.74. The Kier molecular flexibility index (Phi) is 7.27. The van der Waals surface area contributed by atoms with Crippen molar-refractivity contribution in [3.8, 4) is 5.75 Å². The molecule has 1 N–H and O–H groups in total. The summed E-state index contributed by atoms with van der Waals surface area (Å²) in [5.74, 6) is 1.84. The highest BCUT2D eigenvalue weighted by atomic mass is 79.9. The van der Waals surface area contributed by atoms with Crippen LogP contribution < -0.4 is 10.1 Å². The van der Waals surface area contributed by atoms with Gasteiger partial charge in [0.1, 0.15) is 5.75 Å². The van der Waals surface area contributed by atoms with Crippen molar-refractivity contribution in [3.63, 3.8) is 0 Å². The van der Waals surface area contributed by atoms with Crippen LogP contribution in [0.5, 0.6) is 5.75 Å². The minimum Gasteiger partial charge on any atom is -0.494 e. The number of methoxy groups -OCH3 is 1. The van der Waals surface area contributed by atoms with Crippen LogP contribution >= 0.6 is 70.9 Å². The van der Waals surface area contributed by atoms with Crippen molar-refractivity contribution >= 4 is 82.5 Å². The predicted molar refractivity (Wildman–Crippen MR) is 105 cm³/mol. The molecule has 118 valence electrons. The molecule has 2 rings (SSSR count). The zero-order chi connectivity index (χ0) is 16.1. The van der Waals surface area contributed by atoms with Gasteiger partial charge in [-0.15, -0.1) is 23.1 Å². The molecule has 0 saturated carbocycles. The van der Waals surface area contributed by atoms with E-state index < -0.39 is 0 Å². The van der Waals surface area contributed by atoms with E-state index in [0.29, 0.717) is 21.7 Å². The molecule has 8 heteroatoms. The number of amides is 1. The second-order valence-corrected chi connectivity index (χ2v) is 8.70. The molecule has 0 spiro atoms. The molecule has 1 amide bonds. The van der Waals surface area contributed by atoms with Gasteiger partial charge in [0.25, 0.3) is 0 Å². The van der Waals surface area contributed by atoms with E-state index in [0.717, 1.165) is 14.7 Å². The smallest absolute Gasteiger partial charge is 0.234 e. The Balaban J connectivity index is 1.99. The fraction of sp³-hybridized carbons (Fsp3) is 0.214. The lowest BCUT2D eigenvalue weighted by Crippen LogP contribution is -2.15. The highest BCUT2D eigenvalue weighted by molar-refractivity contribution is 9.11. The van der Waals surface area contributed by atoms with E-state index in [2.05, 4.69) is 59.2 Å². The SMILES string of the molecule is COc1c(Br)cc(Br)c(NC(=O)CSCc2cccs2)c1Br. The van der Waals surface area contributed by atoms with Gasteiger partial charge in [-0.25, -0.2) is 0 Å². The number of ether oxygens (including phenoxy) is 1. The van der Waals surface area contributed by atoms with Gasteiger partial charge in [-0.3, -0.25) is 4.79 Å². The lowest BCUT2D eigenvalue weighted by atomic mass is 10.3. The van der Waals surface area contributed by atoms with E-state index in [1.807, 2.05) is 17.5 Å². The second kappa shape index (κ2) is 8.73. The number of benzene rings is 1. The van der Waals surface area contributed by atoms with E-state index >= 15 is 0 Å². The topological polar surface area (TPSA) is 38.3 Å². The summed E-state index contributed by atoms with van der Waals surface area (Å²) in [6, 6.07) is 5.93. The Labute approximate surface area is 162 Å². The van der Waals surface area contributed by atoms with Gasteiger partial charge >= 0.3 is 0 Å². The highest BCUT2D eigenvalue weighted by Crippen LogP contribution is 2.43. The number of rotatable bonds is 6. The van der Waals surface area contributed by atoms with Crippen molar-refractivity contribution in [2.45, 2.75) is 5.75 Å². The minimum absolute atomic E-state index is 0.0488. The van der Waals surface area contributed by atoms with Crippen molar-refractivity contribution in [1.82, 2.24) is 0 Å². The predicted octanol–water partition coefficient (Wildman–Crippen LogP) is 5.92. The number of nitrogens with one attached hydrogen (secondary N) is 1. The standard InChI is InChI=1S/C14H12Br3NO2S2/c1-20-14-10(16)5-9(15)13(12(14)17)18-11(19)7-21-6-8-3-2-4-22-8/h2-5H,6-7H2,1H3,(H,18,19). The molecule has 22 heavy (non-hydrogen) atoms. The van der Waals surface area contributed by atoms with Crippen LogP contribution in [0, 0.1) is 0 Å². The fourth-order valence-electron chi connectivity index (χ4n) is 1.69. The quantitative estimate of drug-likeness (QED) is 0.505. The normalized spacial score (nSPS) is 10.5. The van der Waals surface area contributed by atoms with Gasteiger partial charge in [0.2, 0.25) is 5.91 Å². The second-order valence-electron chi connectivity index (χ2n) is 4.18. The van der Waals surface area contributed by atoms with Crippen molar-refractivity contribution in [2.75, 3.05) is 18.2 Å². The Bertz CT molecular complexity index is 663. The third-order valence-electron chi connectivity index (χ3n) is 2.65. The molecule has 0 fully saturated rings. The molecule has 0 atom stereocenters. The van der Waals surface area contributed by atoms with Crippen molar-refractivity contribution in [3.05, 3.63) is 41.9 Å². The lowest BCUT2D eigenvalue weighted by Gasteiger charge is -2.14. The molecule has 0 bridgehead atoms. The molecule has 0 radical (unpaired) electrons. The fourth-order valence-corrected chi connectivity index (χ4v) is 6.00. The average molecular weight is 530 g/mol. The largest absolute Gasteiger partial charge is 0.494 e. The molecule has 0 aliphatic carbocycles. The first-order valence-electron chi connectivity index (χ1n) is 6.14. The molecule has 3 nitrogen and oxygen atoms in total. The van der Waals surface area contributed by atoms with Gasteiger partial charge in [0.05, 0.1) is 27.5 Å². The number of hydrogen-bond acceptors (Lipinski definition) is 4. The summed E-state index contributed by atoms with van der Waals surface area (Å²) in [5.41, 5.74) is 0.668. The summed E-state index contributed by atoms with van der Waals surface area (Å²) in [6.45, 7) is 0. The first-order valence-corrected chi connectivity index (χ1v) is 10.6. The lowest BCUT2D eigenvalue weighted by molar-refractivity contribution is -0.113. The van der Waals surface area contributed by atoms with Crippen molar-refractivity contribution in [1.29, 1.82) is 0 Å². The summed E-state index contributed by atoms with van der Waals surface area (Å²) >= 11 is 13.6. The molecule has 2 aromatic rings. The van der Waals surface area contributed by atoms with Gasteiger partial charge in [0, 0.05) is 15.1 Å². The zero-order valence-corrected chi connectivity index (χ0v) is 17.9. The van der Waals surface area contributed by atoms with E-state index in [-0.39, 0.29) is 5.91 Å². The first kappa shape index (κ1) is 18.3. The van der Waals surface area contributed by atoms with Gasteiger partial charge in [0.15, 0.2) is 0 Å². The van der Waals surface area contributed by atoms with Crippen LogP contribution in [-0.2, 0) is 10.5 Å². The number of anilines is 1. The van der Waals surface area contributed by atoms with Crippen molar-refractivity contribution < 1.29 is 9.53 Å². The molecule has 1 aromatic carbocycles. The number of halogens is 3. The van der Waals surface area contributed by atoms with E-state index in [9.17, 15) is 4.79 Å². The minimum atomic E-state index is -0.0488. The Hall–Kier alpha value is -0.0200. The summed E-state index contributed by atoms with van der Waals surface area (Å²) < 4.78 is 7.60. The van der Waals surface area contributed by atoms with Gasteiger partial charge in [-0.2, -0.15) is 0 Å². The van der Waals surface area contributed by atoms with Gasteiger partial charge in [-0.1, -0.05) is 6.07 Å². The molecular formula is C14H12Br3NO2S2. The number of thiophene rings is 1. The maximum absolute atomic E-state index is 12.1. The van der Waals surface area contributed by atoms with E-state index in [1.54, 1.807) is 30.2 Å². The molecule has 0 unspecified atom stereocenters. The van der Waals surface area contributed by atoms with Crippen molar-refractivity contribution in [2.24, 2.45) is 0 Å². The van der Waals surface area contributed by atoms with Crippen LogP contribution in [0.2, 0.25) is 0 Å². The highest BCUT2D eigenvalue weighted by Gasteiger charge is 2.16. The summed E-state index contributed by atoms with van der Waals surface area (Å²) in [6.07, 6.45) is 0. The number of hydrogen-bond donors (Lipinski definition) is 1. The molecule has 0 aliphatic rings. The van der Waals surface area contributed by atoms with Gasteiger partial charge in [-0.05, 0) is 65.3 Å².